The minimum absolute atomic E-state index is 0.161. The minimum Gasteiger partial charge on any atom is -0.289 e. The van der Waals surface area contributed by atoms with Crippen LogP contribution in [0.2, 0.25) is 0 Å². The van der Waals surface area contributed by atoms with Crippen molar-refractivity contribution in [2.24, 2.45) is 0 Å². The number of Topliss-reactive ketones (excluding diaryl/α,β-unsaturated/α-hetero) is 1. The van der Waals surface area contributed by atoms with Crippen molar-refractivity contribution in [2.45, 2.75) is 27.2 Å². The Kier molecular flexibility index (Phi) is 2.73. The van der Waals surface area contributed by atoms with Gasteiger partial charge in [-0.2, -0.15) is 0 Å². The van der Waals surface area contributed by atoms with E-state index in [1.807, 2.05) is 20.8 Å². The van der Waals surface area contributed by atoms with Gasteiger partial charge in [0.2, 0.25) is 0 Å². The third-order valence-electron chi connectivity index (χ3n) is 2.49. The molecule has 1 aliphatic carbocycles. The van der Waals surface area contributed by atoms with E-state index in [0.29, 0.717) is 5.88 Å². The molecule has 66 valence electrons. The molecule has 0 aromatic heterocycles. The quantitative estimate of drug-likeness (QED) is 0.573. The Balaban J connectivity index is 3.05. The first-order valence-corrected chi connectivity index (χ1v) is 4.57. The molecular weight excluding hydrogens is 172 g/mol. The number of carbonyl (C=O) groups excluding carboxylic acids is 1. The number of alkyl halides is 1. The van der Waals surface area contributed by atoms with Crippen molar-refractivity contribution in [1.29, 1.82) is 0 Å². The number of rotatable bonds is 1. The summed E-state index contributed by atoms with van der Waals surface area (Å²) in [5, 5.41) is 0. The topological polar surface area (TPSA) is 17.1 Å². The smallest absolute Gasteiger partial charge is 0.184 e. The van der Waals surface area contributed by atoms with Gasteiger partial charge in [0.05, 0.1) is 0 Å². The van der Waals surface area contributed by atoms with Gasteiger partial charge in [-0.1, -0.05) is 5.57 Å². The second-order valence-electron chi connectivity index (χ2n) is 3.27. The maximum atomic E-state index is 11.5. The Labute approximate surface area is 78.1 Å². The van der Waals surface area contributed by atoms with Crippen LogP contribution in [0.5, 0.6) is 0 Å². The minimum atomic E-state index is 0.161. The first-order chi connectivity index (χ1) is 5.57. The fourth-order valence-electron chi connectivity index (χ4n) is 1.37. The fraction of sp³-hybridized carbons (Fsp3) is 0.500. The predicted octanol–water partition coefficient (Wildman–Crippen LogP) is 2.85. The number of allylic oxidation sites excluding steroid dienone is 4. The van der Waals surface area contributed by atoms with Gasteiger partial charge in [0.25, 0.3) is 0 Å². The van der Waals surface area contributed by atoms with Crippen LogP contribution in [0.1, 0.15) is 27.2 Å². The SMILES string of the molecule is CC1=C(C)C(=O)C(C)=C(CCl)C1. The lowest BCUT2D eigenvalue weighted by Crippen LogP contribution is -2.12. The molecule has 0 unspecified atom stereocenters. The van der Waals surface area contributed by atoms with E-state index < -0.39 is 0 Å². The van der Waals surface area contributed by atoms with Crippen molar-refractivity contribution < 1.29 is 4.79 Å². The van der Waals surface area contributed by atoms with E-state index in [4.69, 9.17) is 11.6 Å². The van der Waals surface area contributed by atoms with Gasteiger partial charge in [-0.25, -0.2) is 0 Å². The van der Waals surface area contributed by atoms with Crippen LogP contribution in [0.3, 0.4) is 0 Å². The molecule has 12 heavy (non-hydrogen) atoms. The molecule has 0 aliphatic heterocycles. The van der Waals surface area contributed by atoms with Crippen LogP contribution in [0.4, 0.5) is 0 Å². The predicted molar refractivity (Wildman–Crippen MR) is 51.4 cm³/mol. The molecule has 1 aliphatic rings. The van der Waals surface area contributed by atoms with Crippen molar-refractivity contribution in [1.82, 2.24) is 0 Å². The van der Waals surface area contributed by atoms with E-state index in [2.05, 4.69) is 0 Å². The number of ketones is 1. The third kappa shape index (κ3) is 1.46. The summed E-state index contributed by atoms with van der Waals surface area (Å²) >= 11 is 5.72. The third-order valence-corrected chi connectivity index (χ3v) is 2.81. The highest BCUT2D eigenvalue weighted by atomic mass is 35.5. The molecule has 0 fully saturated rings. The van der Waals surface area contributed by atoms with Crippen molar-refractivity contribution in [3.8, 4) is 0 Å². The van der Waals surface area contributed by atoms with E-state index in [9.17, 15) is 4.79 Å². The zero-order valence-electron chi connectivity index (χ0n) is 7.70. The molecule has 0 heterocycles. The molecular formula is C10H13ClO. The van der Waals surface area contributed by atoms with Crippen LogP contribution in [-0.4, -0.2) is 11.7 Å². The van der Waals surface area contributed by atoms with E-state index in [0.717, 1.165) is 28.7 Å². The van der Waals surface area contributed by atoms with Gasteiger partial charge in [-0.05, 0) is 43.9 Å². The lowest BCUT2D eigenvalue weighted by molar-refractivity contribution is -0.112. The molecule has 1 rings (SSSR count). The van der Waals surface area contributed by atoms with Gasteiger partial charge in [-0.15, -0.1) is 11.6 Å². The molecule has 0 atom stereocenters. The van der Waals surface area contributed by atoms with E-state index in [1.165, 1.54) is 0 Å². The Morgan fingerprint density at radius 2 is 1.83 bits per heavy atom. The first-order valence-electron chi connectivity index (χ1n) is 4.03. The lowest BCUT2D eigenvalue weighted by Gasteiger charge is -2.17. The van der Waals surface area contributed by atoms with Gasteiger partial charge in [0, 0.05) is 5.88 Å². The number of carbonyl (C=O) groups is 1. The fourth-order valence-corrected chi connectivity index (χ4v) is 1.66. The molecule has 0 spiro atoms. The van der Waals surface area contributed by atoms with Gasteiger partial charge >= 0.3 is 0 Å². The zero-order valence-corrected chi connectivity index (χ0v) is 8.46. The van der Waals surface area contributed by atoms with Crippen molar-refractivity contribution in [3.05, 3.63) is 22.3 Å². The molecule has 0 N–H and O–H groups in total. The molecule has 0 bridgehead atoms. The Hall–Kier alpha value is -0.560. The van der Waals surface area contributed by atoms with Gasteiger partial charge < -0.3 is 0 Å². The van der Waals surface area contributed by atoms with Crippen molar-refractivity contribution >= 4 is 17.4 Å². The molecule has 2 heteroatoms. The molecule has 1 nitrogen and oxygen atoms in total. The summed E-state index contributed by atoms with van der Waals surface area (Å²) in [6.07, 6.45) is 0.868. The van der Waals surface area contributed by atoms with Crippen LogP contribution in [0.25, 0.3) is 0 Å². The normalized spacial score (nSPS) is 19.2. The van der Waals surface area contributed by atoms with E-state index >= 15 is 0 Å². The zero-order chi connectivity index (χ0) is 9.30. The summed E-state index contributed by atoms with van der Waals surface area (Å²) in [4.78, 5) is 11.5. The molecule has 0 aromatic rings. The van der Waals surface area contributed by atoms with Crippen LogP contribution in [0.15, 0.2) is 22.3 Å². The van der Waals surface area contributed by atoms with Crippen LogP contribution >= 0.6 is 11.6 Å². The maximum Gasteiger partial charge on any atom is 0.184 e. The van der Waals surface area contributed by atoms with Gasteiger partial charge in [0.1, 0.15) is 0 Å². The number of hydrogen-bond donors (Lipinski definition) is 0. The van der Waals surface area contributed by atoms with Gasteiger partial charge in [-0.3, -0.25) is 4.79 Å². The van der Waals surface area contributed by atoms with Crippen LogP contribution in [-0.2, 0) is 4.79 Å². The second kappa shape index (κ2) is 3.44. The largest absolute Gasteiger partial charge is 0.289 e. The lowest BCUT2D eigenvalue weighted by atomic mass is 9.88. The van der Waals surface area contributed by atoms with E-state index in [1.54, 1.807) is 0 Å². The summed E-state index contributed by atoms with van der Waals surface area (Å²) in [5.41, 5.74) is 3.96. The maximum absolute atomic E-state index is 11.5. The molecule has 0 saturated carbocycles. The summed E-state index contributed by atoms with van der Waals surface area (Å²) < 4.78 is 0. The first kappa shape index (κ1) is 9.53. The Morgan fingerprint density at radius 3 is 2.33 bits per heavy atom. The van der Waals surface area contributed by atoms with Crippen molar-refractivity contribution in [3.63, 3.8) is 0 Å². The monoisotopic (exact) mass is 184 g/mol. The second-order valence-corrected chi connectivity index (χ2v) is 3.54. The summed E-state index contributed by atoms with van der Waals surface area (Å²) in [7, 11) is 0. The van der Waals surface area contributed by atoms with Crippen molar-refractivity contribution in [2.75, 3.05) is 5.88 Å². The highest BCUT2D eigenvalue weighted by molar-refractivity contribution is 6.20. The summed E-state index contributed by atoms with van der Waals surface area (Å²) in [5.74, 6) is 0.636. The average molecular weight is 185 g/mol. The molecule has 0 aromatic carbocycles. The van der Waals surface area contributed by atoms with Gasteiger partial charge in [0.15, 0.2) is 5.78 Å². The molecule has 0 saturated heterocycles. The number of hydrogen-bond acceptors (Lipinski definition) is 1. The highest BCUT2D eigenvalue weighted by Gasteiger charge is 2.19. The average Bonchev–Trinajstić information content (AvgIpc) is 2.08. The van der Waals surface area contributed by atoms with Crippen LogP contribution in [0, 0.1) is 0 Å². The van der Waals surface area contributed by atoms with E-state index in [-0.39, 0.29) is 5.78 Å². The Bertz CT molecular complexity index is 284. The molecule has 0 amide bonds. The number of halogens is 1. The molecule has 0 radical (unpaired) electrons. The highest BCUT2D eigenvalue weighted by Crippen LogP contribution is 2.27. The standard InChI is InChI=1S/C10H13ClO/c1-6-4-9(5-11)8(3)10(12)7(6)2/h4-5H2,1-3H3. The van der Waals surface area contributed by atoms with Crippen LogP contribution < -0.4 is 0 Å². The Morgan fingerprint density at radius 1 is 1.25 bits per heavy atom. The summed E-state index contributed by atoms with van der Waals surface area (Å²) in [6.45, 7) is 5.73. The summed E-state index contributed by atoms with van der Waals surface area (Å²) in [6, 6.07) is 0.